The lowest BCUT2D eigenvalue weighted by atomic mass is 10.1. The van der Waals surface area contributed by atoms with Crippen LogP contribution in [0.4, 0.5) is 0 Å². The number of methoxy groups -OCH3 is 1. The van der Waals surface area contributed by atoms with E-state index in [-0.39, 0.29) is 30.4 Å². The summed E-state index contributed by atoms with van der Waals surface area (Å²) in [5.41, 5.74) is 0. The van der Waals surface area contributed by atoms with Gasteiger partial charge in [-0.2, -0.15) is 0 Å². The van der Waals surface area contributed by atoms with E-state index in [4.69, 9.17) is 4.74 Å². The zero-order chi connectivity index (χ0) is 13.8. The van der Waals surface area contributed by atoms with Gasteiger partial charge in [0.1, 0.15) is 6.04 Å². The molecule has 2 aliphatic heterocycles. The van der Waals surface area contributed by atoms with Gasteiger partial charge >= 0.3 is 0 Å². The lowest BCUT2D eigenvalue weighted by Crippen LogP contribution is -2.60. The quantitative estimate of drug-likeness (QED) is 0.702. The molecule has 108 valence electrons. The number of amides is 2. The number of nitrogens with zero attached hydrogens (tertiary/aromatic N) is 2. The van der Waals surface area contributed by atoms with Crippen LogP contribution in [0.25, 0.3) is 0 Å². The summed E-state index contributed by atoms with van der Waals surface area (Å²) < 4.78 is 5.15. The number of hydrogen-bond acceptors (Lipinski definition) is 4. The summed E-state index contributed by atoms with van der Waals surface area (Å²) in [5, 5.41) is 3.28. The number of carbonyl (C=O) groups excluding carboxylic acids is 2. The minimum Gasteiger partial charge on any atom is -0.383 e. The Morgan fingerprint density at radius 1 is 1.47 bits per heavy atom. The Hall–Kier alpha value is -1.14. The Balaban J connectivity index is 1.99. The molecule has 2 aliphatic rings. The van der Waals surface area contributed by atoms with Crippen LogP contribution in [0.15, 0.2) is 0 Å². The van der Waals surface area contributed by atoms with Gasteiger partial charge in [0.2, 0.25) is 11.8 Å². The summed E-state index contributed by atoms with van der Waals surface area (Å²) in [7, 11) is 1.65. The van der Waals surface area contributed by atoms with E-state index in [0.717, 1.165) is 25.9 Å². The summed E-state index contributed by atoms with van der Waals surface area (Å²) >= 11 is 0. The zero-order valence-corrected chi connectivity index (χ0v) is 11.7. The highest BCUT2D eigenvalue weighted by atomic mass is 16.5. The van der Waals surface area contributed by atoms with Gasteiger partial charge in [0, 0.05) is 26.2 Å². The van der Waals surface area contributed by atoms with Gasteiger partial charge in [-0.05, 0) is 19.4 Å². The second kappa shape index (κ2) is 6.34. The largest absolute Gasteiger partial charge is 0.383 e. The van der Waals surface area contributed by atoms with Crippen molar-refractivity contribution in [3.63, 3.8) is 0 Å². The van der Waals surface area contributed by atoms with Gasteiger partial charge in [0.25, 0.3) is 0 Å². The molecule has 2 heterocycles. The van der Waals surface area contributed by atoms with E-state index in [9.17, 15) is 9.59 Å². The number of fused-ring (bicyclic) bond motifs is 1. The first-order valence-electron chi connectivity index (χ1n) is 6.98. The van der Waals surface area contributed by atoms with E-state index in [1.165, 1.54) is 0 Å². The molecule has 2 unspecified atom stereocenters. The lowest BCUT2D eigenvalue weighted by molar-refractivity contribution is -0.154. The standard InChI is InChI=1S/C13H23N3O3/c1-3-14-10(9-19-2)7-15-8-12(17)16-6-4-5-11(16)13(15)18/h10-11,14H,3-9H2,1-2H3. The molecule has 2 saturated heterocycles. The first-order chi connectivity index (χ1) is 9.17. The van der Waals surface area contributed by atoms with Crippen molar-refractivity contribution < 1.29 is 14.3 Å². The molecule has 2 rings (SSSR count). The molecule has 0 aliphatic carbocycles. The molecule has 0 aromatic carbocycles. The van der Waals surface area contributed by atoms with Crippen molar-refractivity contribution in [1.29, 1.82) is 0 Å². The van der Waals surface area contributed by atoms with Crippen molar-refractivity contribution >= 4 is 11.8 Å². The maximum absolute atomic E-state index is 12.4. The van der Waals surface area contributed by atoms with Crippen molar-refractivity contribution in [2.75, 3.05) is 39.9 Å². The van der Waals surface area contributed by atoms with Gasteiger partial charge in [0.15, 0.2) is 0 Å². The second-order valence-electron chi connectivity index (χ2n) is 5.17. The molecule has 6 heteroatoms. The Bertz CT molecular complexity index is 342. The van der Waals surface area contributed by atoms with Crippen LogP contribution in [0.3, 0.4) is 0 Å². The smallest absolute Gasteiger partial charge is 0.245 e. The fourth-order valence-corrected chi connectivity index (χ4v) is 2.95. The number of ether oxygens (including phenoxy) is 1. The number of likely N-dealkylation sites (N-methyl/N-ethyl adjacent to an activating group) is 1. The lowest BCUT2D eigenvalue weighted by Gasteiger charge is -2.38. The summed E-state index contributed by atoms with van der Waals surface area (Å²) in [6, 6.07) is -0.134. The molecule has 6 nitrogen and oxygen atoms in total. The van der Waals surface area contributed by atoms with Gasteiger partial charge in [-0.1, -0.05) is 6.92 Å². The molecular weight excluding hydrogens is 246 g/mol. The summed E-state index contributed by atoms with van der Waals surface area (Å²) in [6.45, 7) is 4.86. The summed E-state index contributed by atoms with van der Waals surface area (Å²) in [5.74, 6) is 0.172. The van der Waals surface area contributed by atoms with Crippen molar-refractivity contribution in [3.8, 4) is 0 Å². The topological polar surface area (TPSA) is 61.9 Å². The fourth-order valence-electron chi connectivity index (χ4n) is 2.95. The molecule has 0 radical (unpaired) electrons. The number of nitrogens with one attached hydrogen (secondary N) is 1. The maximum Gasteiger partial charge on any atom is 0.245 e. The van der Waals surface area contributed by atoms with Crippen LogP contribution in [0.1, 0.15) is 19.8 Å². The highest BCUT2D eigenvalue weighted by Gasteiger charge is 2.42. The predicted molar refractivity (Wildman–Crippen MR) is 70.7 cm³/mol. The molecule has 0 aromatic heterocycles. The van der Waals surface area contributed by atoms with Crippen LogP contribution in [-0.2, 0) is 14.3 Å². The maximum atomic E-state index is 12.4. The highest BCUT2D eigenvalue weighted by molar-refractivity contribution is 5.95. The van der Waals surface area contributed by atoms with Crippen molar-refractivity contribution in [2.45, 2.75) is 31.8 Å². The third-order valence-corrected chi connectivity index (χ3v) is 3.80. The summed E-state index contributed by atoms with van der Waals surface area (Å²) in [4.78, 5) is 27.8. The van der Waals surface area contributed by atoms with Crippen molar-refractivity contribution in [1.82, 2.24) is 15.1 Å². The van der Waals surface area contributed by atoms with Crippen LogP contribution in [-0.4, -0.2) is 73.6 Å². The molecular formula is C13H23N3O3. The monoisotopic (exact) mass is 269 g/mol. The van der Waals surface area contributed by atoms with Crippen LogP contribution in [0.5, 0.6) is 0 Å². The molecule has 0 aromatic rings. The Morgan fingerprint density at radius 2 is 2.26 bits per heavy atom. The minimum atomic E-state index is -0.217. The van der Waals surface area contributed by atoms with Crippen LogP contribution in [0, 0.1) is 0 Å². The average Bonchev–Trinajstić information content (AvgIpc) is 2.86. The number of piperazine rings is 1. The van der Waals surface area contributed by atoms with E-state index in [2.05, 4.69) is 5.32 Å². The third kappa shape index (κ3) is 3.06. The predicted octanol–water partition coefficient (Wildman–Crippen LogP) is -0.556. The molecule has 2 fully saturated rings. The van der Waals surface area contributed by atoms with Crippen LogP contribution < -0.4 is 5.32 Å². The number of rotatable bonds is 6. The van der Waals surface area contributed by atoms with Gasteiger partial charge < -0.3 is 19.9 Å². The summed E-state index contributed by atoms with van der Waals surface area (Å²) in [6.07, 6.45) is 1.74. The van der Waals surface area contributed by atoms with Crippen LogP contribution in [0.2, 0.25) is 0 Å². The molecule has 1 N–H and O–H groups in total. The molecule has 19 heavy (non-hydrogen) atoms. The van der Waals surface area contributed by atoms with Gasteiger partial charge in [-0.3, -0.25) is 9.59 Å². The zero-order valence-electron chi connectivity index (χ0n) is 11.7. The third-order valence-electron chi connectivity index (χ3n) is 3.80. The Kier molecular flexibility index (Phi) is 4.76. The van der Waals surface area contributed by atoms with Crippen molar-refractivity contribution in [2.24, 2.45) is 0 Å². The SMILES string of the molecule is CCNC(COC)CN1CC(=O)N2CCCC2C1=O. The van der Waals surface area contributed by atoms with E-state index in [1.54, 1.807) is 16.9 Å². The first kappa shape index (κ1) is 14.3. The van der Waals surface area contributed by atoms with Gasteiger partial charge in [-0.25, -0.2) is 0 Å². The Labute approximate surface area is 114 Å². The molecule has 2 amide bonds. The van der Waals surface area contributed by atoms with Crippen LogP contribution >= 0.6 is 0 Å². The minimum absolute atomic E-state index is 0.0785. The highest BCUT2D eigenvalue weighted by Crippen LogP contribution is 2.23. The average molecular weight is 269 g/mol. The normalized spacial score (nSPS) is 24.8. The Morgan fingerprint density at radius 3 is 2.95 bits per heavy atom. The number of hydrogen-bond donors (Lipinski definition) is 1. The molecule has 2 atom stereocenters. The fraction of sp³-hybridized carbons (Fsp3) is 0.846. The molecule has 0 spiro atoms. The van der Waals surface area contributed by atoms with E-state index < -0.39 is 0 Å². The molecule has 0 saturated carbocycles. The van der Waals surface area contributed by atoms with E-state index >= 15 is 0 Å². The van der Waals surface area contributed by atoms with Gasteiger partial charge in [-0.15, -0.1) is 0 Å². The second-order valence-corrected chi connectivity index (χ2v) is 5.17. The van der Waals surface area contributed by atoms with Gasteiger partial charge in [0.05, 0.1) is 13.2 Å². The molecule has 0 bridgehead atoms. The van der Waals surface area contributed by atoms with Crippen molar-refractivity contribution in [3.05, 3.63) is 0 Å². The first-order valence-corrected chi connectivity index (χ1v) is 6.98. The van der Waals surface area contributed by atoms with E-state index in [1.807, 2.05) is 6.92 Å². The van der Waals surface area contributed by atoms with E-state index in [0.29, 0.717) is 13.2 Å². The number of carbonyl (C=O) groups is 2.